The molecule has 2 aliphatic rings. The van der Waals surface area contributed by atoms with Crippen molar-refractivity contribution in [1.82, 2.24) is 5.32 Å². The number of carbonyl (C=O) groups is 1. The number of nitrogens with one attached hydrogen (secondary N) is 1. The molecule has 104 valence electrons. The van der Waals surface area contributed by atoms with Gasteiger partial charge in [0.05, 0.1) is 0 Å². The molecular weight excluding hydrogens is 270 g/mol. The van der Waals surface area contributed by atoms with Gasteiger partial charge in [-0.25, -0.2) is 0 Å². The van der Waals surface area contributed by atoms with Crippen LogP contribution in [0.2, 0.25) is 0 Å². The Morgan fingerprint density at radius 3 is 2.55 bits per heavy atom. The lowest BCUT2D eigenvalue weighted by Gasteiger charge is -2.10. The minimum Gasteiger partial charge on any atom is -0.302 e. The maximum atomic E-state index is 12.0. The van der Waals surface area contributed by atoms with Crippen molar-refractivity contribution < 1.29 is 4.79 Å². The Balaban J connectivity index is 1.70. The molecule has 1 N–H and O–H groups in total. The topological polar surface area (TPSA) is 53.8 Å². The second-order valence-corrected chi connectivity index (χ2v) is 6.12. The number of nitrogens with zero attached hydrogens (tertiary/aromatic N) is 2. The van der Waals surface area contributed by atoms with E-state index in [4.69, 9.17) is 0 Å². The molecule has 3 rings (SSSR count). The van der Waals surface area contributed by atoms with Crippen LogP contribution in [-0.4, -0.2) is 16.8 Å². The Labute approximate surface area is 122 Å². The molecule has 1 aromatic rings. The number of rotatable bonds is 2. The molecule has 4 nitrogen and oxygen atoms in total. The molecule has 1 saturated heterocycles. The van der Waals surface area contributed by atoms with Gasteiger partial charge in [-0.2, -0.15) is 5.10 Å². The van der Waals surface area contributed by atoms with E-state index in [1.54, 1.807) is 0 Å². The number of amides is 1. The first kappa shape index (κ1) is 13.4. The van der Waals surface area contributed by atoms with Gasteiger partial charge in [0.2, 0.25) is 5.91 Å². The summed E-state index contributed by atoms with van der Waals surface area (Å²) >= 11 is 1.44. The normalized spacial score (nSPS) is 24.8. The number of benzene rings is 1. The molecule has 2 fully saturated rings. The fraction of sp³-hybridized carbons (Fsp3) is 0.400. The molecule has 1 aliphatic carbocycles. The van der Waals surface area contributed by atoms with Gasteiger partial charge in [-0.1, -0.05) is 48.5 Å². The van der Waals surface area contributed by atoms with Crippen molar-refractivity contribution in [3.05, 3.63) is 35.9 Å². The van der Waals surface area contributed by atoms with Crippen molar-refractivity contribution in [2.45, 2.75) is 37.4 Å². The average molecular weight is 287 g/mol. The third-order valence-corrected chi connectivity index (χ3v) is 4.64. The van der Waals surface area contributed by atoms with Gasteiger partial charge in [-0.05, 0) is 31.2 Å². The van der Waals surface area contributed by atoms with Crippen LogP contribution in [0.5, 0.6) is 0 Å². The Bertz CT molecular complexity index is 545. The van der Waals surface area contributed by atoms with Gasteiger partial charge in [0.15, 0.2) is 5.17 Å². The second kappa shape index (κ2) is 6.22. The molecule has 1 heterocycles. The molecule has 0 radical (unpaired) electrons. The van der Waals surface area contributed by atoms with E-state index in [2.05, 4.69) is 15.5 Å². The number of carbonyl (C=O) groups excluding carboxylic acids is 1. The predicted octanol–water partition coefficient (Wildman–Crippen LogP) is 3.27. The van der Waals surface area contributed by atoms with E-state index in [0.717, 1.165) is 24.1 Å². The lowest BCUT2D eigenvalue weighted by molar-refractivity contribution is -0.118. The van der Waals surface area contributed by atoms with Crippen molar-refractivity contribution in [2.75, 3.05) is 0 Å². The second-order valence-electron chi connectivity index (χ2n) is 5.03. The van der Waals surface area contributed by atoms with Crippen molar-refractivity contribution in [3.63, 3.8) is 0 Å². The maximum absolute atomic E-state index is 12.0. The number of hydrogen-bond donors (Lipinski definition) is 1. The minimum atomic E-state index is -0.207. The summed E-state index contributed by atoms with van der Waals surface area (Å²) in [4.78, 5) is 12.0. The van der Waals surface area contributed by atoms with Gasteiger partial charge in [-0.15, -0.1) is 5.10 Å². The summed E-state index contributed by atoms with van der Waals surface area (Å²) in [5.74, 6) is -0.0104. The van der Waals surface area contributed by atoms with E-state index in [-0.39, 0.29) is 11.2 Å². The molecule has 1 aliphatic heterocycles. The first-order valence-corrected chi connectivity index (χ1v) is 7.87. The quantitative estimate of drug-likeness (QED) is 0.849. The molecular formula is C15H17N3OS. The van der Waals surface area contributed by atoms with Crippen LogP contribution in [0.1, 0.15) is 42.9 Å². The first-order valence-electron chi connectivity index (χ1n) is 6.99. The van der Waals surface area contributed by atoms with Crippen molar-refractivity contribution in [2.24, 2.45) is 10.2 Å². The van der Waals surface area contributed by atoms with Crippen LogP contribution in [0, 0.1) is 0 Å². The summed E-state index contributed by atoms with van der Waals surface area (Å²) in [6.07, 6.45) is 5.78. The SMILES string of the molecule is O=C1N/C(=N\N=C2CCCCC2)SC1c1ccccc1. The van der Waals surface area contributed by atoms with Crippen LogP contribution in [0.15, 0.2) is 40.5 Å². The third-order valence-electron chi connectivity index (χ3n) is 3.51. The monoisotopic (exact) mass is 287 g/mol. The predicted molar refractivity (Wildman–Crippen MR) is 82.9 cm³/mol. The van der Waals surface area contributed by atoms with E-state index in [1.807, 2.05) is 30.3 Å². The fourth-order valence-corrected chi connectivity index (χ4v) is 3.37. The largest absolute Gasteiger partial charge is 0.302 e. The van der Waals surface area contributed by atoms with Gasteiger partial charge < -0.3 is 5.32 Å². The van der Waals surface area contributed by atoms with Crippen LogP contribution < -0.4 is 5.32 Å². The molecule has 0 bridgehead atoms. The highest BCUT2D eigenvalue weighted by atomic mass is 32.2. The number of amidine groups is 1. The summed E-state index contributed by atoms with van der Waals surface area (Å²) < 4.78 is 0. The fourth-order valence-electron chi connectivity index (χ4n) is 2.44. The molecule has 0 aromatic heterocycles. The van der Waals surface area contributed by atoms with E-state index in [0.29, 0.717) is 5.17 Å². The molecule has 1 unspecified atom stereocenters. The highest BCUT2D eigenvalue weighted by Crippen LogP contribution is 2.34. The van der Waals surface area contributed by atoms with Crippen molar-refractivity contribution in [3.8, 4) is 0 Å². The first-order chi connectivity index (χ1) is 9.83. The standard InChI is InChI=1S/C15H17N3OS/c19-14-13(11-7-3-1-4-8-11)20-15(16-14)18-17-12-9-5-2-6-10-12/h1,3-4,7-8,13H,2,5-6,9-10H2,(H,16,18,19). The lowest BCUT2D eigenvalue weighted by atomic mass is 9.99. The van der Waals surface area contributed by atoms with Crippen LogP contribution in [-0.2, 0) is 4.79 Å². The molecule has 0 spiro atoms. The maximum Gasteiger partial charge on any atom is 0.244 e. The lowest BCUT2D eigenvalue weighted by Crippen LogP contribution is -2.21. The van der Waals surface area contributed by atoms with Gasteiger partial charge >= 0.3 is 0 Å². The van der Waals surface area contributed by atoms with Gasteiger partial charge in [0.25, 0.3) is 0 Å². The summed E-state index contributed by atoms with van der Waals surface area (Å²) in [6, 6.07) is 9.77. The van der Waals surface area contributed by atoms with Crippen LogP contribution in [0.4, 0.5) is 0 Å². The van der Waals surface area contributed by atoms with Gasteiger partial charge in [0, 0.05) is 5.71 Å². The Morgan fingerprint density at radius 2 is 1.80 bits per heavy atom. The highest BCUT2D eigenvalue weighted by molar-refractivity contribution is 8.15. The van der Waals surface area contributed by atoms with E-state index < -0.39 is 0 Å². The summed E-state index contributed by atoms with van der Waals surface area (Å²) in [5, 5.41) is 11.7. The zero-order valence-corrected chi connectivity index (χ0v) is 12.0. The van der Waals surface area contributed by atoms with Crippen LogP contribution >= 0.6 is 11.8 Å². The molecule has 1 saturated carbocycles. The number of hydrogen-bond acceptors (Lipinski definition) is 4. The zero-order valence-electron chi connectivity index (χ0n) is 11.2. The van der Waals surface area contributed by atoms with Gasteiger partial charge in [0.1, 0.15) is 5.25 Å². The molecule has 1 amide bonds. The van der Waals surface area contributed by atoms with Gasteiger partial charge in [-0.3, -0.25) is 4.79 Å². The minimum absolute atomic E-state index is 0.0104. The summed E-state index contributed by atoms with van der Waals surface area (Å²) in [5.41, 5.74) is 2.16. The van der Waals surface area contributed by atoms with Crippen molar-refractivity contribution in [1.29, 1.82) is 0 Å². The van der Waals surface area contributed by atoms with Crippen LogP contribution in [0.3, 0.4) is 0 Å². The third kappa shape index (κ3) is 3.10. The Kier molecular flexibility index (Phi) is 4.16. The van der Waals surface area contributed by atoms with E-state index >= 15 is 0 Å². The zero-order chi connectivity index (χ0) is 13.8. The van der Waals surface area contributed by atoms with E-state index in [9.17, 15) is 4.79 Å². The Morgan fingerprint density at radius 1 is 1.05 bits per heavy atom. The van der Waals surface area contributed by atoms with E-state index in [1.165, 1.54) is 31.0 Å². The summed E-state index contributed by atoms with van der Waals surface area (Å²) in [6.45, 7) is 0. The molecule has 1 aromatic carbocycles. The van der Waals surface area contributed by atoms with Crippen LogP contribution in [0.25, 0.3) is 0 Å². The van der Waals surface area contributed by atoms with Crippen molar-refractivity contribution >= 4 is 28.5 Å². The Hall–Kier alpha value is -1.62. The average Bonchev–Trinajstić information content (AvgIpc) is 2.88. The number of thioether (sulfide) groups is 1. The molecule has 5 heteroatoms. The molecule has 1 atom stereocenters. The smallest absolute Gasteiger partial charge is 0.244 e. The molecule has 20 heavy (non-hydrogen) atoms. The highest BCUT2D eigenvalue weighted by Gasteiger charge is 2.31. The summed E-state index contributed by atoms with van der Waals surface area (Å²) in [7, 11) is 0.